The van der Waals surface area contributed by atoms with Crippen molar-refractivity contribution < 1.29 is 19.7 Å². The summed E-state index contributed by atoms with van der Waals surface area (Å²) >= 11 is 0. The summed E-state index contributed by atoms with van der Waals surface area (Å²) in [6.07, 6.45) is -0.188. The molecule has 0 bridgehead atoms. The summed E-state index contributed by atoms with van der Waals surface area (Å²) in [6, 6.07) is 8.73. The molecule has 0 atom stereocenters. The van der Waals surface area contributed by atoms with Crippen molar-refractivity contribution in [3.8, 4) is 0 Å². The molecule has 1 aromatic rings. The highest BCUT2D eigenvalue weighted by atomic mass is 16.8. The first-order chi connectivity index (χ1) is 7.41. The molecule has 0 fully saturated rings. The van der Waals surface area contributed by atoms with Gasteiger partial charge in [-0.15, -0.1) is 0 Å². The van der Waals surface area contributed by atoms with Crippen molar-refractivity contribution in [2.45, 2.75) is 19.3 Å². The molecular weight excluding hydrogens is 208 g/mol. The van der Waals surface area contributed by atoms with Crippen molar-refractivity contribution in [2.24, 2.45) is 0 Å². The first-order valence-corrected chi connectivity index (χ1v) is 4.78. The lowest BCUT2D eigenvalue weighted by atomic mass is 10.1. The molecule has 0 spiro atoms. The zero-order valence-corrected chi connectivity index (χ0v) is 9.01. The fourth-order valence-corrected chi connectivity index (χ4v) is 1.13. The molecule has 2 N–H and O–H groups in total. The van der Waals surface area contributed by atoms with Crippen LogP contribution in [-0.2, 0) is 16.0 Å². The van der Waals surface area contributed by atoms with E-state index in [0.29, 0.717) is 5.56 Å². The average Bonchev–Trinajstić information content (AvgIpc) is 2.17. The van der Waals surface area contributed by atoms with E-state index < -0.39 is 11.9 Å². The van der Waals surface area contributed by atoms with Gasteiger partial charge in [0.2, 0.25) is 0 Å². The Kier molecular flexibility index (Phi) is 3.82. The fourth-order valence-electron chi connectivity index (χ4n) is 1.13. The van der Waals surface area contributed by atoms with Gasteiger partial charge in [-0.05, 0) is 12.5 Å². The molecule has 0 aliphatic rings. The van der Waals surface area contributed by atoms with Gasteiger partial charge in [0.25, 0.3) is 0 Å². The van der Waals surface area contributed by atoms with Crippen molar-refractivity contribution in [2.75, 3.05) is 0 Å². The predicted octanol–water partition coefficient (Wildman–Crippen LogP) is 0.987. The molecule has 0 amide bonds. The predicted molar refractivity (Wildman–Crippen MR) is 58.2 cm³/mol. The maximum absolute atomic E-state index is 11.1. The van der Waals surface area contributed by atoms with Crippen LogP contribution in [0.4, 0.5) is 0 Å². The lowest BCUT2D eigenvalue weighted by Crippen LogP contribution is -2.37. The van der Waals surface area contributed by atoms with Crippen LogP contribution in [0, 0.1) is 0 Å². The highest BCUT2D eigenvalue weighted by Gasteiger charge is 2.28. The first kappa shape index (κ1) is 12.4. The van der Waals surface area contributed by atoms with Gasteiger partial charge in [-0.25, -0.2) is 4.79 Å². The number of carbonyl (C=O) groups excluding carboxylic acids is 1. The van der Waals surface area contributed by atoms with E-state index in [1.165, 1.54) is 6.92 Å². The van der Waals surface area contributed by atoms with Crippen LogP contribution in [0.15, 0.2) is 42.5 Å². The zero-order valence-electron chi connectivity index (χ0n) is 9.01. The standard InChI is InChI=1S/C12H14O4/c1-9(2)11(13)16-12(14,15)8-10-6-4-3-5-7-10/h3-7,14-15H,1,8H2,2H3. The molecular formula is C12H14O4. The van der Waals surface area contributed by atoms with Gasteiger partial charge in [0.15, 0.2) is 0 Å². The smallest absolute Gasteiger partial charge is 0.337 e. The van der Waals surface area contributed by atoms with Gasteiger partial charge in [0.05, 0.1) is 6.42 Å². The summed E-state index contributed by atoms with van der Waals surface area (Å²) in [7, 11) is 0. The summed E-state index contributed by atoms with van der Waals surface area (Å²) < 4.78 is 4.48. The highest BCUT2D eigenvalue weighted by Crippen LogP contribution is 2.13. The summed E-state index contributed by atoms with van der Waals surface area (Å²) in [6.45, 7) is 4.78. The second-order valence-corrected chi connectivity index (χ2v) is 3.58. The monoisotopic (exact) mass is 222 g/mol. The van der Waals surface area contributed by atoms with E-state index in [9.17, 15) is 15.0 Å². The number of rotatable bonds is 4. The minimum Gasteiger partial charge on any atom is -0.404 e. The number of aliphatic hydroxyl groups is 2. The number of benzene rings is 1. The largest absolute Gasteiger partial charge is 0.404 e. The van der Waals surface area contributed by atoms with Gasteiger partial charge in [-0.3, -0.25) is 0 Å². The lowest BCUT2D eigenvalue weighted by molar-refractivity contribution is -0.315. The minimum atomic E-state index is -2.50. The van der Waals surface area contributed by atoms with E-state index in [-0.39, 0.29) is 12.0 Å². The Morgan fingerprint density at radius 2 is 1.94 bits per heavy atom. The van der Waals surface area contributed by atoms with Gasteiger partial charge in [-0.1, -0.05) is 36.9 Å². The molecule has 0 unspecified atom stereocenters. The molecule has 0 saturated heterocycles. The summed E-state index contributed by atoms with van der Waals surface area (Å²) in [5.41, 5.74) is 0.766. The number of esters is 1. The van der Waals surface area contributed by atoms with Crippen molar-refractivity contribution >= 4 is 5.97 Å². The zero-order chi connectivity index (χ0) is 12.2. The summed E-state index contributed by atoms with van der Waals surface area (Å²) in [5.74, 6) is -3.34. The average molecular weight is 222 g/mol. The SMILES string of the molecule is C=C(C)C(=O)OC(O)(O)Cc1ccccc1. The van der Waals surface area contributed by atoms with Crippen LogP contribution < -0.4 is 0 Å². The van der Waals surface area contributed by atoms with Crippen LogP contribution in [0.5, 0.6) is 0 Å². The Labute approximate surface area is 93.8 Å². The summed E-state index contributed by atoms with van der Waals surface area (Å²) in [4.78, 5) is 11.1. The van der Waals surface area contributed by atoms with Crippen LogP contribution in [0.25, 0.3) is 0 Å². The highest BCUT2D eigenvalue weighted by molar-refractivity contribution is 5.87. The van der Waals surface area contributed by atoms with E-state index in [2.05, 4.69) is 11.3 Å². The molecule has 1 rings (SSSR count). The Hall–Kier alpha value is -1.65. The summed E-state index contributed by atoms with van der Waals surface area (Å²) in [5, 5.41) is 18.9. The van der Waals surface area contributed by atoms with E-state index in [0.717, 1.165) is 0 Å². The number of carbonyl (C=O) groups is 1. The van der Waals surface area contributed by atoms with Crippen molar-refractivity contribution in [1.29, 1.82) is 0 Å². The maximum Gasteiger partial charge on any atom is 0.337 e. The van der Waals surface area contributed by atoms with Crippen LogP contribution in [-0.4, -0.2) is 22.2 Å². The quantitative estimate of drug-likeness (QED) is 0.453. The van der Waals surface area contributed by atoms with E-state index in [1.54, 1.807) is 30.3 Å². The molecule has 4 nitrogen and oxygen atoms in total. The fraction of sp³-hybridized carbons (Fsp3) is 0.250. The van der Waals surface area contributed by atoms with Crippen molar-refractivity contribution in [1.82, 2.24) is 0 Å². The van der Waals surface area contributed by atoms with Gasteiger partial charge >= 0.3 is 11.9 Å². The molecule has 4 heteroatoms. The Morgan fingerprint density at radius 3 is 2.44 bits per heavy atom. The van der Waals surface area contributed by atoms with Gasteiger partial charge in [0, 0.05) is 5.57 Å². The molecule has 0 heterocycles. The van der Waals surface area contributed by atoms with E-state index in [4.69, 9.17) is 0 Å². The molecule has 0 aliphatic heterocycles. The molecule has 86 valence electrons. The molecule has 0 aromatic heterocycles. The topological polar surface area (TPSA) is 66.8 Å². The van der Waals surface area contributed by atoms with Crippen molar-refractivity contribution in [3.05, 3.63) is 48.0 Å². The van der Waals surface area contributed by atoms with Crippen LogP contribution in [0.1, 0.15) is 12.5 Å². The Balaban J connectivity index is 2.65. The van der Waals surface area contributed by atoms with E-state index in [1.807, 2.05) is 0 Å². The molecule has 0 aliphatic carbocycles. The maximum atomic E-state index is 11.1. The van der Waals surface area contributed by atoms with Gasteiger partial charge < -0.3 is 14.9 Å². The lowest BCUT2D eigenvalue weighted by Gasteiger charge is -2.21. The van der Waals surface area contributed by atoms with Crippen molar-refractivity contribution in [3.63, 3.8) is 0 Å². The van der Waals surface area contributed by atoms with Gasteiger partial charge in [0.1, 0.15) is 0 Å². The second kappa shape index (κ2) is 4.92. The minimum absolute atomic E-state index is 0.112. The number of ether oxygens (including phenoxy) is 1. The molecule has 0 radical (unpaired) electrons. The number of hydrogen-bond acceptors (Lipinski definition) is 4. The van der Waals surface area contributed by atoms with Crippen LogP contribution >= 0.6 is 0 Å². The Morgan fingerprint density at radius 1 is 1.38 bits per heavy atom. The van der Waals surface area contributed by atoms with E-state index >= 15 is 0 Å². The first-order valence-electron chi connectivity index (χ1n) is 4.78. The molecule has 16 heavy (non-hydrogen) atoms. The Bertz CT molecular complexity index is 381. The third-order valence-corrected chi connectivity index (χ3v) is 1.88. The van der Waals surface area contributed by atoms with Crippen LogP contribution in [0.3, 0.4) is 0 Å². The normalized spacial score (nSPS) is 10.9. The number of hydrogen-bond donors (Lipinski definition) is 2. The third-order valence-electron chi connectivity index (χ3n) is 1.88. The van der Waals surface area contributed by atoms with Crippen LogP contribution in [0.2, 0.25) is 0 Å². The third kappa shape index (κ3) is 3.84. The second-order valence-electron chi connectivity index (χ2n) is 3.58. The van der Waals surface area contributed by atoms with Gasteiger partial charge in [-0.2, -0.15) is 0 Å². The molecule has 0 saturated carbocycles. The molecule has 1 aromatic carbocycles.